The molecule has 3 aromatic rings. The highest BCUT2D eigenvalue weighted by Crippen LogP contribution is 2.28. The molecule has 4 rings (SSSR count). The molecular formula is C23H17ClFIN4O2. The first-order valence-corrected chi connectivity index (χ1v) is 11.0. The lowest BCUT2D eigenvalue weighted by atomic mass is 10.00. The van der Waals surface area contributed by atoms with Gasteiger partial charge in [-0.05, 0) is 59.0 Å². The zero-order valence-corrected chi connectivity index (χ0v) is 19.7. The summed E-state index contributed by atoms with van der Waals surface area (Å²) < 4.78 is 15.5. The Balaban J connectivity index is 1.70. The van der Waals surface area contributed by atoms with Gasteiger partial charge in [-0.2, -0.15) is 0 Å². The molecule has 1 heterocycles. The van der Waals surface area contributed by atoms with Crippen LogP contribution in [0.3, 0.4) is 0 Å². The molecular weight excluding hydrogens is 546 g/mol. The monoisotopic (exact) mass is 562 g/mol. The van der Waals surface area contributed by atoms with Gasteiger partial charge in [0.15, 0.2) is 0 Å². The predicted octanol–water partition coefficient (Wildman–Crippen LogP) is 5.05. The Hall–Kier alpha value is -2.98. The Kier molecular flexibility index (Phi) is 6.43. The maximum Gasteiger partial charge on any atom is 0.321 e. The van der Waals surface area contributed by atoms with E-state index in [2.05, 4.69) is 38.2 Å². The first kappa shape index (κ1) is 22.2. The molecule has 2 N–H and O–H groups in total. The smallest absolute Gasteiger partial charge is 0.311 e. The fraction of sp³-hybridized carbons (Fsp3) is 0.0870. The highest BCUT2D eigenvalue weighted by molar-refractivity contribution is 14.1. The number of hydrogen-bond acceptors (Lipinski definition) is 3. The second-order valence-corrected chi connectivity index (χ2v) is 8.57. The van der Waals surface area contributed by atoms with Crippen LogP contribution in [0, 0.1) is 9.39 Å². The summed E-state index contributed by atoms with van der Waals surface area (Å²) in [5, 5.41) is 5.72. The average Bonchev–Trinajstić information content (AvgIpc) is 2.87. The van der Waals surface area contributed by atoms with Crippen LogP contribution in [0.5, 0.6) is 0 Å². The summed E-state index contributed by atoms with van der Waals surface area (Å²) >= 11 is 8.19. The van der Waals surface area contributed by atoms with Gasteiger partial charge in [-0.3, -0.25) is 4.79 Å². The SMILES string of the molecule is CN1C(=O)C(NC(=O)Nc2ccc(I)c(Cl)c2)N=C(c2ccccc2F)c2ccccc21. The van der Waals surface area contributed by atoms with E-state index >= 15 is 0 Å². The molecule has 0 aliphatic carbocycles. The summed E-state index contributed by atoms with van der Waals surface area (Å²) in [5.41, 5.74) is 2.12. The lowest BCUT2D eigenvalue weighted by Crippen LogP contribution is -2.47. The molecule has 3 amide bonds. The molecule has 0 fully saturated rings. The van der Waals surface area contributed by atoms with Gasteiger partial charge in [-0.25, -0.2) is 14.2 Å². The summed E-state index contributed by atoms with van der Waals surface area (Å²) in [7, 11) is 1.59. The number of benzodiazepines with no additional fused rings is 1. The normalized spacial score (nSPS) is 15.5. The lowest BCUT2D eigenvalue weighted by molar-refractivity contribution is -0.119. The zero-order chi connectivity index (χ0) is 22.8. The van der Waals surface area contributed by atoms with Gasteiger partial charge in [0, 0.05) is 27.4 Å². The van der Waals surface area contributed by atoms with Gasteiger partial charge in [0.2, 0.25) is 6.17 Å². The quantitative estimate of drug-likeness (QED) is 0.439. The van der Waals surface area contributed by atoms with Crippen molar-refractivity contribution in [3.63, 3.8) is 0 Å². The number of fused-ring (bicyclic) bond motifs is 1. The molecule has 1 aliphatic heterocycles. The van der Waals surface area contributed by atoms with E-state index in [9.17, 15) is 14.0 Å². The average molecular weight is 563 g/mol. The van der Waals surface area contributed by atoms with E-state index < -0.39 is 23.9 Å². The van der Waals surface area contributed by atoms with E-state index in [1.54, 1.807) is 67.7 Å². The van der Waals surface area contributed by atoms with Gasteiger partial charge in [0.05, 0.1) is 16.4 Å². The number of nitrogens with zero attached hydrogens (tertiary/aromatic N) is 2. The van der Waals surface area contributed by atoms with Gasteiger partial charge in [0.1, 0.15) is 5.82 Å². The van der Waals surface area contributed by atoms with E-state index in [0.29, 0.717) is 22.0 Å². The molecule has 0 saturated carbocycles. The summed E-state index contributed by atoms with van der Waals surface area (Å²) in [5.74, 6) is -0.936. The Morgan fingerprint density at radius 3 is 2.50 bits per heavy atom. The van der Waals surface area contributed by atoms with Crippen LogP contribution in [0.2, 0.25) is 5.02 Å². The molecule has 3 aromatic carbocycles. The predicted molar refractivity (Wildman–Crippen MR) is 132 cm³/mol. The molecule has 0 saturated heterocycles. The Bertz CT molecular complexity index is 1250. The Labute approximate surface area is 202 Å². The van der Waals surface area contributed by atoms with Crippen molar-refractivity contribution in [1.82, 2.24) is 5.32 Å². The van der Waals surface area contributed by atoms with Crippen molar-refractivity contribution in [3.8, 4) is 0 Å². The summed E-state index contributed by atoms with van der Waals surface area (Å²) in [6.07, 6.45) is -1.26. The molecule has 0 aromatic heterocycles. The number of halogens is 3. The molecule has 0 radical (unpaired) electrons. The van der Waals surface area contributed by atoms with Crippen LogP contribution in [-0.2, 0) is 4.79 Å². The lowest BCUT2D eigenvalue weighted by Gasteiger charge is -2.21. The number of amides is 3. The molecule has 9 heteroatoms. The fourth-order valence-electron chi connectivity index (χ4n) is 3.35. The van der Waals surface area contributed by atoms with Gasteiger partial charge < -0.3 is 15.5 Å². The zero-order valence-electron chi connectivity index (χ0n) is 16.8. The molecule has 162 valence electrons. The fourth-order valence-corrected chi connectivity index (χ4v) is 3.87. The molecule has 0 bridgehead atoms. The summed E-state index contributed by atoms with van der Waals surface area (Å²) in [6, 6.07) is 17.7. The van der Waals surface area contributed by atoms with Crippen molar-refractivity contribution in [2.45, 2.75) is 6.17 Å². The maximum atomic E-state index is 14.7. The van der Waals surface area contributed by atoms with Gasteiger partial charge in [-0.1, -0.05) is 41.9 Å². The van der Waals surface area contributed by atoms with Gasteiger partial charge in [0.25, 0.3) is 5.91 Å². The minimum absolute atomic E-state index is 0.236. The van der Waals surface area contributed by atoms with E-state index in [0.717, 1.165) is 3.57 Å². The number of carbonyl (C=O) groups is 2. The number of likely N-dealkylation sites (N-methyl/N-ethyl adjacent to an activating group) is 1. The Morgan fingerprint density at radius 2 is 1.78 bits per heavy atom. The van der Waals surface area contributed by atoms with E-state index in [1.165, 1.54) is 11.0 Å². The molecule has 6 nitrogen and oxygen atoms in total. The second-order valence-electron chi connectivity index (χ2n) is 7.00. The largest absolute Gasteiger partial charge is 0.321 e. The molecule has 1 atom stereocenters. The highest BCUT2D eigenvalue weighted by atomic mass is 127. The number of aliphatic imine (C=N–C) groups is 1. The number of benzene rings is 3. The van der Waals surface area contributed by atoms with Crippen molar-refractivity contribution in [2.24, 2.45) is 4.99 Å². The van der Waals surface area contributed by atoms with Crippen LogP contribution in [0.1, 0.15) is 11.1 Å². The highest BCUT2D eigenvalue weighted by Gasteiger charge is 2.31. The Morgan fingerprint density at radius 1 is 1.09 bits per heavy atom. The van der Waals surface area contributed by atoms with Crippen LogP contribution in [0.15, 0.2) is 71.7 Å². The third kappa shape index (κ3) is 4.46. The number of urea groups is 1. The second kappa shape index (κ2) is 9.25. The van der Waals surface area contributed by atoms with E-state index in [4.69, 9.17) is 11.6 Å². The number of nitrogens with one attached hydrogen (secondary N) is 2. The molecule has 1 aliphatic rings. The third-order valence-corrected chi connectivity index (χ3v) is 6.49. The van der Waals surface area contributed by atoms with Crippen LogP contribution in [0.4, 0.5) is 20.6 Å². The number of para-hydroxylation sites is 1. The first-order valence-electron chi connectivity index (χ1n) is 9.57. The van der Waals surface area contributed by atoms with Crippen molar-refractivity contribution in [1.29, 1.82) is 0 Å². The standard InChI is InChI=1S/C23H17ClFIN4O2/c1-30-19-9-5-3-7-15(19)20(14-6-2-4-8-17(14)25)28-21(22(30)31)29-23(32)27-13-10-11-18(26)16(24)12-13/h2-12,21H,1H3,(H2,27,29,32). The van der Waals surface area contributed by atoms with Crippen LogP contribution in [0.25, 0.3) is 0 Å². The number of carbonyl (C=O) groups excluding carboxylic acids is 2. The van der Waals surface area contributed by atoms with E-state index in [-0.39, 0.29) is 11.3 Å². The van der Waals surface area contributed by atoms with Crippen molar-refractivity contribution >= 4 is 63.2 Å². The summed E-state index contributed by atoms with van der Waals surface area (Å²) in [4.78, 5) is 31.6. The van der Waals surface area contributed by atoms with Gasteiger partial charge >= 0.3 is 6.03 Å². The molecule has 32 heavy (non-hydrogen) atoms. The first-order chi connectivity index (χ1) is 15.3. The van der Waals surface area contributed by atoms with Crippen molar-refractivity contribution in [2.75, 3.05) is 17.3 Å². The molecule has 1 unspecified atom stereocenters. The molecule has 0 spiro atoms. The van der Waals surface area contributed by atoms with Gasteiger partial charge in [-0.15, -0.1) is 0 Å². The number of hydrogen-bond donors (Lipinski definition) is 2. The topological polar surface area (TPSA) is 73.8 Å². The number of rotatable bonds is 3. The van der Waals surface area contributed by atoms with Crippen LogP contribution >= 0.6 is 34.2 Å². The minimum Gasteiger partial charge on any atom is -0.311 e. The van der Waals surface area contributed by atoms with Crippen molar-refractivity contribution in [3.05, 3.63) is 92.3 Å². The van der Waals surface area contributed by atoms with Crippen LogP contribution in [-0.4, -0.2) is 30.9 Å². The summed E-state index contributed by atoms with van der Waals surface area (Å²) in [6.45, 7) is 0. The van der Waals surface area contributed by atoms with Crippen LogP contribution < -0.4 is 15.5 Å². The maximum absolute atomic E-state index is 14.7. The number of anilines is 2. The minimum atomic E-state index is -1.26. The third-order valence-electron chi connectivity index (χ3n) is 4.92. The van der Waals surface area contributed by atoms with E-state index in [1.807, 2.05) is 0 Å². The van der Waals surface area contributed by atoms with Crippen molar-refractivity contribution < 1.29 is 14.0 Å².